The second-order valence-corrected chi connectivity index (χ2v) is 6.06. The first kappa shape index (κ1) is 18.0. The molecule has 2 aromatic rings. The number of aliphatic carboxylic acids is 1. The van der Waals surface area contributed by atoms with Gasteiger partial charge in [0.15, 0.2) is 6.04 Å². The fourth-order valence-electron chi connectivity index (χ4n) is 2.16. The molecule has 0 saturated carbocycles. The summed E-state index contributed by atoms with van der Waals surface area (Å²) in [4.78, 5) is 29.2. The summed E-state index contributed by atoms with van der Waals surface area (Å²) < 4.78 is 0. The number of carbonyl (C=O) groups excluding carboxylic acids is 1. The van der Waals surface area contributed by atoms with Crippen molar-refractivity contribution in [2.24, 2.45) is 0 Å². The lowest BCUT2D eigenvalue weighted by Crippen LogP contribution is -2.46. The van der Waals surface area contributed by atoms with Gasteiger partial charge < -0.3 is 5.11 Å². The van der Waals surface area contributed by atoms with Crippen molar-refractivity contribution < 1.29 is 19.5 Å². The molecular formula is C18H19NO4S. The second kappa shape index (κ2) is 9.10. The predicted octanol–water partition coefficient (Wildman–Crippen LogP) is 3.08. The Kier molecular flexibility index (Phi) is 6.84. The van der Waals surface area contributed by atoms with Crippen molar-refractivity contribution in [1.82, 2.24) is 5.06 Å². The van der Waals surface area contributed by atoms with Crippen molar-refractivity contribution in [3.05, 3.63) is 71.8 Å². The summed E-state index contributed by atoms with van der Waals surface area (Å²) in [6, 6.07) is 17.2. The van der Waals surface area contributed by atoms with E-state index in [9.17, 15) is 14.7 Å². The summed E-state index contributed by atoms with van der Waals surface area (Å²) >= 11 is 1.44. The first-order valence-corrected chi connectivity index (χ1v) is 8.56. The molecule has 5 nitrogen and oxygen atoms in total. The summed E-state index contributed by atoms with van der Waals surface area (Å²) in [5, 5.41) is 10.4. The first-order valence-electron chi connectivity index (χ1n) is 7.40. The summed E-state index contributed by atoms with van der Waals surface area (Å²) in [5.74, 6) is -0.661. The number of benzene rings is 2. The standard InChI is InChI=1S/C18H19NO4S/c1-23-19(17(20)15-10-6-3-7-11-15)16(18(21)22)13-24-12-14-8-4-2-5-9-14/h2-11,16H,12-13H2,1H3,(H,21,22)/t16-/m0/s1. The maximum atomic E-state index is 12.5. The number of carbonyl (C=O) groups is 2. The third-order valence-electron chi connectivity index (χ3n) is 3.37. The Morgan fingerprint density at radius 3 is 2.21 bits per heavy atom. The topological polar surface area (TPSA) is 66.8 Å². The van der Waals surface area contributed by atoms with Gasteiger partial charge in [-0.1, -0.05) is 48.5 Å². The SMILES string of the molecule is CON(C(=O)c1ccccc1)[C@@H](CSCc1ccccc1)C(=O)O. The van der Waals surface area contributed by atoms with E-state index in [1.54, 1.807) is 30.3 Å². The third kappa shape index (κ3) is 4.84. The molecule has 2 aromatic carbocycles. The molecule has 0 aliphatic rings. The smallest absolute Gasteiger partial charge is 0.329 e. The van der Waals surface area contributed by atoms with Gasteiger partial charge in [-0.15, -0.1) is 0 Å². The summed E-state index contributed by atoms with van der Waals surface area (Å²) in [7, 11) is 1.30. The minimum atomic E-state index is -1.10. The van der Waals surface area contributed by atoms with Crippen LogP contribution in [-0.2, 0) is 15.4 Å². The Labute approximate surface area is 145 Å². The van der Waals surface area contributed by atoms with E-state index < -0.39 is 17.9 Å². The molecule has 0 aliphatic carbocycles. The van der Waals surface area contributed by atoms with Crippen LogP contribution in [-0.4, -0.2) is 41.0 Å². The maximum absolute atomic E-state index is 12.5. The Balaban J connectivity index is 2.04. The molecule has 1 amide bonds. The van der Waals surface area contributed by atoms with Gasteiger partial charge in [0.05, 0.1) is 7.11 Å². The van der Waals surface area contributed by atoms with E-state index in [2.05, 4.69) is 0 Å². The molecule has 0 unspecified atom stereocenters. The number of hydrogen-bond acceptors (Lipinski definition) is 4. The quantitative estimate of drug-likeness (QED) is 0.745. The molecule has 0 fully saturated rings. The van der Waals surface area contributed by atoms with Crippen molar-refractivity contribution in [2.45, 2.75) is 11.8 Å². The molecule has 24 heavy (non-hydrogen) atoms. The number of amides is 1. The molecule has 0 bridgehead atoms. The average Bonchev–Trinajstić information content (AvgIpc) is 2.62. The van der Waals surface area contributed by atoms with Crippen molar-refractivity contribution in [2.75, 3.05) is 12.9 Å². The summed E-state index contributed by atoms with van der Waals surface area (Å²) in [6.07, 6.45) is 0. The number of nitrogens with zero attached hydrogens (tertiary/aromatic N) is 1. The Hall–Kier alpha value is -2.31. The van der Waals surface area contributed by atoms with E-state index in [0.29, 0.717) is 11.3 Å². The van der Waals surface area contributed by atoms with Gasteiger partial charge in [-0.25, -0.2) is 9.86 Å². The van der Waals surface area contributed by atoms with Crippen molar-refractivity contribution >= 4 is 23.6 Å². The number of thioether (sulfide) groups is 1. The fraction of sp³-hybridized carbons (Fsp3) is 0.222. The van der Waals surface area contributed by atoms with Crippen molar-refractivity contribution in [3.63, 3.8) is 0 Å². The Bertz CT molecular complexity index is 663. The zero-order valence-electron chi connectivity index (χ0n) is 13.3. The lowest BCUT2D eigenvalue weighted by atomic mass is 10.2. The molecule has 0 aliphatic heterocycles. The second-order valence-electron chi connectivity index (χ2n) is 5.03. The van der Waals surface area contributed by atoms with E-state index >= 15 is 0 Å². The molecule has 0 spiro atoms. The number of hydroxylamine groups is 2. The van der Waals surface area contributed by atoms with Crippen molar-refractivity contribution in [3.8, 4) is 0 Å². The average molecular weight is 345 g/mol. The van der Waals surface area contributed by atoms with E-state index in [1.165, 1.54) is 18.9 Å². The van der Waals surface area contributed by atoms with Gasteiger partial charge in [0.2, 0.25) is 0 Å². The van der Waals surface area contributed by atoms with Crippen LogP contribution < -0.4 is 0 Å². The van der Waals surface area contributed by atoms with Gasteiger partial charge >= 0.3 is 5.97 Å². The highest BCUT2D eigenvalue weighted by atomic mass is 32.2. The summed E-state index contributed by atoms with van der Waals surface area (Å²) in [6.45, 7) is 0. The lowest BCUT2D eigenvalue weighted by Gasteiger charge is -2.26. The van der Waals surface area contributed by atoms with Crippen LogP contribution in [0.2, 0.25) is 0 Å². The predicted molar refractivity (Wildman–Crippen MR) is 93.6 cm³/mol. The van der Waals surface area contributed by atoms with Crippen LogP contribution in [0.4, 0.5) is 0 Å². The van der Waals surface area contributed by atoms with Crippen LogP contribution in [0.25, 0.3) is 0 Å². The highest BCUT2D eigenvalue weighted by molar-refractivity contribution is 7.98. The zero-order chi connectivity index (χ0) is 17.4. The number of carboxylic acid groups (broad SMARTS) is 1. The van der Waals surface area contributed by atoms with Gasteiger partial charge in [0.1, 0.15) is 0 Å². The van der Waals surface area contributed by atoms with E-state index in [4.69, 9.17) is 4.84 Å². The highest BCUT2D eigenvalue weighted by Crippen LogP contribution is 2.17. The molecule has 0 radical (unpaired) electrons. The van der Waals surface area contributed by atoms with Crippen LogP contribution in [0.15, 0.2) is 60.7 Å². The molecule has 1 N–H and O–H groups in total. The number of hydrogen-bond donors (Lipinski definition) is 1. The first-order chi connectivity index (χ1) is 11.6. The molecule has 2 rings (SSSR count). The molecule has 0 saturated heterocycles. The van der Waals surface area contributed by atoms with Crippen LogP contribution in [0.1, 0.15) is 15.9 Å². The number of carboxylic acids is 1. The molecule has 0 heterocycles. The minimum Gasteiger partial charge on any atom is -0.480 e. The highest BCUT2D eigenvalue weighted by Gasteiger charge is 2.31. The Morgan fingerprint density at radius 2 is 1.67 bits per heavy atom. The van der Waals surface area contributed by atoms with Gasteiger partial charge in [0.25, 0.3) is 5.91 Å². The van der Waals surface area contributed by atoms with Crippen LogP contribution in [0.5, 0.6) is 0 Å². The number of rotatable bonds is 8. The van der Waals surface area contributed by atoms with Crippen molar-refractivity contribution in [1.29, 1.82) is 0 Å². The molecule has 1 atom stereocenters. The van der Waals surface area contributed by atoms with E-state index in [-0.39, 0.29) is 5.75 Å². The van der Waals surface area contributed by atoms with Gasteiger partial charge in [0, 0.05) is 17.1 Å². The summed E-state index contributed by atoms with van der Waals surface area (Å²) in [5.41, 5.74) is 1.49. The van der Waals surface area contributed by atoms with Gasteiger partial charge in [-0.05, 0) is 17.7 Å². The van der Waals surface area contributed by atoms with Crippen LogP contribution >= 0.6 is 11.8 Å². The van der Waals surface area contributed by atoms with E-state index in [1.807, 2.05) is 30.3 Å². The van der Waals surface area contributed by atoms with Crippen LogP contribution in [0.3, 0.4) is 0 Å². The van der Waals surface area contributed by atoms with Crippen LogP contribution in [0, 0.1) is 0 Å². The Morgan fingerprint density at radius 1 is 1.08 bits per heavy atom. The molecule has 0 aromatic heterocycles. The monoisotopic (exact) mass is 345 g/mol. The largest absolute Gasteiger partial charge is 0.480 e. The fourth-order valence-corrected chi connectivity index (χ4v) is 3.21. The molecule has 6 heteroatoms. The molecule has 126 valence electrons. The molecular weight excluding hydrogens is 326 g/mol. The van der Waals surface area contributed by atoms with Gasteiger partial charge in [-0.3, -0.25) is 9.63 Å². The normalized spacial score (nSPS) is 11.7. The maximum Gasteiger partial charge on any atom is 0.329 e. The zero-order valence-corrected chi connectivity index (χ0v) is 14.1. The lowest BCUT2D eigenvalue weighted by molar-refractivity contribution is -0.163. The minimum absolute atomic E-state index is 0.233. The van der Waals surface area contributed by atoms with Gasteiger partial charge in [-0.2, -0.15) is 11.8 Å². The third-order valence-corrected chi connectivity index (χ3v) is 4.46. The van der Waals surface area contributed by atoms with E-state index in [0.717, 1.165) is 10.6 Å².